The van der Waals surface area contributed by atoms with E-state index in [1.165, 1.54) is 6.92 Å². The van der Waals surface area contributed by atoms with E-state index in [9.17, 15) is 9.59 Å². The fourth-order valence-electron chi connectivity index (χ4n) is 1.13. The topological polar surface area (TPSA) is 108 Å². The number of hydrogen-bond donors (Lipinski definition) is 4. The van der Waals surface area contributed by atoms with E-state index in [4.69, 9.17) is 14.5 Å². The van der Waals surface area contributed by atoms with Crippen LogP contribution >= 0.6 is 8.38 Å². The van der Waals surface area contributed by atoms with Gasteiger partial charge < -0.3 is 25.2 Å². The zero-order valence-corrected chi connectivity index (χ0v) is 11.1. The Kier molecular flexibility index (Phi) is 6.21. The van der Waals surface area contributed by atoms with E-state index in [1.54, 1.807) is 30.3 Å². The summed E-state index contributed by atoms with van der Waals surface area (Å²) in [5, 5.41) is 4.56. The number of amides is 2. The van der Waals surface area contributed by atoms with Crippen LogP contribution in [-0.2, 0) is 4.79 Å². The quantitative estimate of drug-likeness (QED) is 0.591. The van der Waals surface area contributed by atoms with Crippen LogP contribution in [0.2, 0.25) is 0 Å². The maximum absolute atomic E-state index is 11.3. The zero-order valence-electron chi connectivity index (χ0n) is 10.2. The fourth-order valence-corrected chi connectivity index (χ4v) is 1.39. The Balaban J connectivity index is 2.29. The number of hydrogen-bond acceptors (Lipinski definition) is 5. The van der Waals surface area contributed by atoms with Crippen molar-refractivity contribution < 1.29 is 24.1 Å². The van der Waals surface area contributed by atoms with Gasteiger partial charge in [0.25, 0.3) is 0 Å². The molecule has 7 nitrogen and oxygen atoms in total. The van der Waals surface area contributed by atoms with Crippen LogP contribution in [0.4, 0.5) is 4.79 Å². The molecule has 0 aliphatic heterocycles. The molecular formula is C11H15N2O5P. The summed E-state index contributed by atoms with van der Waals surface area (Å²) in [5.74, 6) is -0.925. The third-order valence-electron chi connectivity index (χ3n) is 2.06. The molecule has 1 atom stereocenters. The number of nitrogens with one attached hydrogen (secondary N) is 2. The average molecular weight is 286 g/mol. The first kappa shape index (κ1) is 15.4. The maximum Gasteiger partial charge on any atom is 0.413 e. The number of para-hydroxylation sites is 1. The minimum absolute atomic E-state index is 0.306. The van der Waals surface area contributed by atoms with Crippen molar-refractivity contribution in [1.82, 2.24) is 10.6 Å². The second-order valence-electron chi connectivity index (χ2n) is 3.62. The molecule has 0 heterocycles. The van der Waals surface area contributed by atoms with Crippen LogP contribution in [0.5, 0.6) is 5.75 Å². The molecule has 8 heteroatoms. The molecule has 2 amide bonds. The third kappa shape index (κ3) is 6.15. The van der Waals surface area contributed by atoms with Crippen LogP contribution in [0, 0.1) is 0 Å². The van der Waals surface area contributed by atoms with Crippen LogP contribution in [0.25, 0.3) is 0 Å². The van der Waals surface area contributed by atoms with Crippen molar-refractivity contribution in [2.75, 3.05) is 6.54 Å². The molecule has 1 aromatic carbocycles. The molecule has 0 aliphatic carbocycles. The maximum atomic E-state index is 11.3. The number of carbonyl (C=O) groups excluding carboxylic acids is 2. The molecular weight excluding hydrogens is 271 g/mol. The lowest BCUT2D eigenvalue weighted by Gasteiger charge is -2.14. The Bertz CT molecular complexity index is 426. The second-order valence-corrected chi connectivity index (χ2v) is 5.04. The van der Waals surface area contributed by atoms with Crippen molar-refractivity contribution in [2.24, 2.45) is 0 Å². The summed E-state index contributed by atoms with van der Waals surface area (Å²) in [6.07, 6.45) is -0.760. The van der Waals surface area contributed by atoms with Gasteiger partial charge in [0.1, 0.15) is 12.3 Å². The highest BCUT2D eigenvalue weighted by Crippen LogP contribution is 2.27. The molecule has 0 aromatic heterocycles. The largest absolute Gasteiger partial charge is 0.413 e. The zero-order chi connectivity index (χ0) is 14.3. The molecule has 0 fully saturated rings. The number of benzene rings is 1. The SMILES string of the molecule is CC(NC(=O)CNC(=O)Oc1ccccc1)P(O)O. The predicted molar refractivity (Wildman–Crippen MR) is 69.4 cm³/mol. The molecule has 0 saturated carbocycles. The van der Waals surface area contributed by atoms with Crippen LogP contribution in [-0.4, -0.2) is 34.1 Å². The standard InChI is InChI=1S/C11H15N2O5P/c1-8(19(16)17)13-10(14)7-12-11(15)18-9-5-3-2-4-6-9/h2-6,8,16-17H,7H2,1H3,(H,12,15)(H,13,14). The number of ether oxygens (including phenoxy) is 1. The van der Waals surface area contributed by atoms with E-state index in [0.29, 0.717) is 5.75 Å². The molecule has 0 bridgehead atoms. The van der Waals surface area contributed by atoms with Gasteiger partial charge in [-0.1, -0.05) is 18.2 Å². The molecule has 19 heavy (non-hydrogen) atoms. The fraction of sp³-hybridized carbons (Fsp3) is 0.273. The number of carbonyl (C=O) groups is 2. The number of rotatable bonds is 5. The van der Waals surface area contributed by atoms with Crippen LogP contribution in [0.15, 0.2) is 30.3 Å². The van der Waals surface area contributed by atoms with Crippen molar-refractivity contribution in [2.45, 2.75) is 12.7 Å². The summed E-state index contributed by atoms with van der Waals surface area (Å²) in [6.45, 7) is 1.14. The highest BCUT2D eigenvalue weighted by Gasteiger charge is 2.15. The molecule has 4 N–H and O–H groups in total. The van der Waals surface area contributed by atoms with E-state index in [2.05, 4.69) is 10.6 Å². The molecule has 0 saturated heterocycles. The van der Waals surface area contributed by atoms with Gasteiger partial charge in [0, 0.05) is 0 Å². The van der Waals surface area contributed by atoms with Gasteiger partial charge in [0.2, 0.25) is 5.91 Å². The smallest absolute Gasteiger partial charge is 0.410 e. The molecule has 1 aromatic rings. The molecule has 0 radical (unpaired) electrons. The second kappa shape index (κ2) is 7.68. The summed E-state index contributed by atoms with van der Waals surface area (Å²) in [5.41, 5.74) is 0. The van der Waals surface area contributed by atoms with Gasteiger partial charge in [-0.05, 0) is 19.1 Å². The van der Waals surface area contributed by atoms with Gasteiger partial charge in [-0.2, -0.15) is 0 Å². The average Bonchev–Trinajstić information content (AvgIpc) is 2.37. The lowest BCUT2D eigenvalue weighted by Crippen LogP contribution is -2.41. The summed E-state index contributed by atoms with van der Waals surface area (Å²) < 4.78 is 4.89. The lowest BCUT2D eigenvalue weighted by molar-refractivity contribution is -0.120. The normalized spacial score (nSPS) is 11.8. The first-order valence-corrected chi connectivity index (χ1v) is 6.77. The van der Waals surface area contributed by atoms with E-state index in [1.807, 2.05) is 0 Å². The monoisotopic (exact) mass is 286 g/mol. The van der Waals surface area contributed by atoms with Gasteiger partial charge >= 0.3 is 6.09 Å². The summed E-state index contributed by atoms with van der Waals surface area (Å²) in [4.78, 5) is 40.3. The first-order chi connectivity index (χ1) is 8.99. The molecule has 104 valence electrons. The molecule has 0 aliphatic rings. The van der Waals surface area contributed by atoms with Crippen molar-refractivity contribution in [3.8, 4) is 5.75 Å². The van der Waals surface area contributed by atoms with Crippen molar-refractivity contribution in [1.29, 1.82) is 0 Å². The van der Waals surface area contributed by atoms with Crippen LogP contribution < -0.4 is 15.4 Å². The summed E-state index contributed by atoms with van der Waals surface area (Å²) in [6, 6.07) is 8.41. The Morgan fingerprint density at radius 1 is 1.32 bits per heavy atom. The van der Waals surface area contributed by atoms with E-state index in [0.717, 1.165) is 0 Å². The van der Waals surface area contributed by atoms with Gasteiger partial charge in [-0.15, -0.1) is 0 Å². The summed E-state index contributed by atoms with van der Waals surface area (Å²) >= 11 is 0. The Hall–Kier alpha value is -1.69. The minimum Gasteiger partial charge on any atom is -0.410 e. The first-order valence-electron chi connectivity index (χ1n) is 5.46. The van der Waals surface area contributed by atoms with Gasteiger partial charge in [0.05, 0.1) is 5.78 Å². The molecule has 0 spiro atoms. The molecule has 1 rings (SSSR count). The summed E-state index contributed by atoms with van der Waals surface area (Å²) in [7, 11) is -2.24. The third-order valence-corrected chi connectivity index (χ3v) is 2.89. The van der Waals surface area contributed by atoms with Crippen LogP contribution in [0.1, 0.15) is 6.92 Å². The van der Waals surface area contributed by atoms with Crippen molar-refractivity contribution in [3.05, 3.63) is 30.3 Å². The van der Waals surface area contributed by atoms with Crippen molar-refractivity contribution >= 4 is 20.4 Å². The Morgan fingerprint density at radius 3 is 2.53 bits per heavy atom. The van der Waals surface area contributed by atoms with E-state index >= 15 is 0 Å². The highest BCUT2D eigenvalue weighted by atomic mass is 31.2. The lowest BCUT2D eigenvalue weighted by atomic mass is 10.3. The Labute approximate surface area is 111 Å². The van der Waals surface area contributed by atoms with E-state index < -0.39 is 26.2 Å². The predicted octanol–water partition coefficient (Wildman–Crippen LogP) is 0.534. The van der Waals surface area contributed by atoms with Gasteiger partial charge in [-0.3, -0.25) is 4.79 Å². The highest BCUT2D eigenvalue weighted by molar-refractivity contribution is 7.45. The van der Waals surface area contributed by atoms with Gasteiger partial charge in [-0.25, -0.2) is 4.79 Å². The molecule has 1 unspecified atom stereocenters. The van der Waals surface area contributed by atoms with E-state index in [-0.39, 0.29) is 6.54 Å². The van der Waals surface area contributed by atoms with Gasteiger partial charge in [0.15, 0.2) is 8.38 Å². The van der Waals surface area contributed by atoms with Crippen molar-refractivity contribution in [3.63, 3.8) is 0 Å². The van der Waals surface area contributed by atoms with Crippen LogP contribution in [0.3, 0.4) is 0 Å². The Morgan fingerprint density at radius 2 is 1.95 bits per heavy atom. The minimum atomic E-state index is -2.24.